The van der Waals surface area contributed by atoms with Gasteiger partial charge in [0.1, 0.15) is 5.82 Å². The molecule has 0 atom stereocenters. The van der Waals surface area contributed by atoms with E-state index in [1.807, 2.05) is 12.3 Å². The zero-order chi connectivity index (χ0) is 14.1. The quantitative estimate of drug-likeness (QED) is 0.901. The van der Waals surface area contributed by atoms with E-state index in [1.165, 1.54) is 0 Å². The number of imidazole rings is 1. The van der Waals surface area contributed by atoms with Gasteiger partial charge in [0.15, 0.2) is 0 Å². The normalized spacial score (nSPS) is 13.2. The largest absolute Gasteiger partial charge is 0.478 e. The van der Waals surface area contributed by atoms with Crippen molar-refractivity contribution < 1.29 is 9.90 Å². The van der Waals surface area contributed by atoms with Gasteiger partial charge < -0.3 is 15.0 Å². The summed E-state index contributed by atoms with van der Waals surface area (Å²) >= 11 is 3.33. The molecule has 2 N–H and O–H groups in total. The van der Waals surface area contributed by atoms with Crippen LogP contribution in [0.15, 0.2) is 28.9 Å². The van der Waals surface area contributed by atoms with E-state index in [4.69, 9.17) is 5.11 Å². The summed E-state index contributed by atoms with van der Waals surface area (Å²) in [6.07, 6.45) is 4.08. The smallest absolute Gasteiger partial charge is 0.335 e. The van der Waals surface area contributed by atoms with E-state index in [0.717, 1.165) is 41.1 Å². The Balaban J connectivity index is 1.76. The molecule has 0 saturated carbocycles. The van der Waals surface area contributed by atoms with Crippen LogP contribution in [0, 0.1) is 0 Å². The van der Waals surface area contributed by atoms with Crippen LogP contribution in [-0.4, -0.2) is 20.6 Å². The summed E-state index contributed by atoms with van der Waals surface area (Å²) in [6, 6.07) is 5.09. The number of fused-ring (bicyclic) bond motifs is 1. The molecule has 0 saturated heterocycles. The van der Waals surface area contributed by atoms with Crippen LogP contribution < -0.4 is 5.32 Å². The Morgan fingerprint density at radius 3 is 3.10 bits per heavy atom. The lowest BCUT2D eigenvalue weighted by molar-refractivity contribution is 0.0697. The minimum absolute atomic E-state index is 0.264. The minimum Gasteiger partial charge on any atom is -0.478 e. The number of hydrogen-bond acceptors (Lipinski definition) is 3. The molecule has 0 amide bonds. The summed E-state index contributed by atoms with van der Waals surface area (Å²) in [5.41, 5.74) is 2.18. The van der Waals surface area contributed by atoms with Crippen molar-refractivity contribution >= 4 is 27.6 Å². The maximum absolute atomic E-state index is 11.0. The molecule has 2 heterocycles. The highest BCUT2D eigenvalue weighted by Crippen LogP contribution is 2.21. The van der Waals surface area contributed by atoms with Gasteiger partial charge in [0.25, 0.3) is 0 Å². The molecular weight excluding hydrogens is 322 g/mol. The third-order valence-corrected chi connectivity index (χ3v) is 3.88. The summed E-state index contributed by atoms with van der Waals surface area (Å²) in [5.74, 6) is 0.210. The van der Waals surface area contributed by atoms with Crippen molar-refractivity contribution in [2.45, 2.75) is 25.9 Å². The van der Waals surface area contributed by atoms with Crippen LogP contribution in [0.4, 0.5) is 5.69 Å². The first-order chi connectivity index (χ1) is 9.63. The first-order valence-electron chi connectivity index (χ1n) is 6.44. The van der Waals surface area contributed by atoms with Gasteiger partial charge >= 0.3 is 5.97 Å². The molecule has 20 heavy (non-hydrogen) atoms. The van der Waals surface area contributed by atoms with Crippen molar-refractivity contribution in [1.29, 1.82) is 0 Å². The number of nitrogens with one attached hydrogen (secondary N) is 1. The highest BCUT2D eigenvalue weighted by molar-refractivity contribution is 9.10. The third kappa shape index (κ3) is 2.56. The summed E-state index contributed by atoms with van der Waals surface area (Å²) < 4.78 is 2.97. The fraction of sp³-hybridized carbons (Fsp3) is 0.286. The predicted octanol–water partition coefficient (Wildman–Crippen LogP) is 2.90. The molecule has 0 spiro atoms. The fourth-order valence-corrected chi connectivity index (χ4v) is 2.96. The van der Waals surface area contributed by atoms with Crippen LogP contribution >= 0.6 is 15.9 Å². The van der Waals surface area contributed by atoms with Crippen molar-refractivity contribution in [3.05, 3.63) is 46.0 Å². The zero-order valence-corrected chi connectivity index (χ0v) is 12.4. The average Bonchev–Trinajstić information content (AvgIpc) is 2.98. The SMILES string of the molecule is O=C(O)c1cc(Br)cc(NCc2cnc3n2CCC3)c1. The van der Waals surface area contributed by atoms with Gasteiger partial charge in [0.05, 0.1) is 24.0 Å². The molecule has 0 fully saturated rings. The number of nitrogens with zero attached hydrogens (tertiary/aromatic N) is 2. The fourth-order valence-electron chi connectivity index (χ4n) is 2.47. The molecule has 0 unspecified atom stereocenters. The Morgan fingerprint density at radius 2 is 2.30 bits per heavy atom. The number of aryl methyl sites for hydroxylation is 1. The molecule has 3 rings (SSSR count). The minimum atomic E-state index is -0.931. The van der Waals surface area contributed by atoms with Crippen molar-refractivity contribution in [2.75, 3.05) is 5.32 Å². The lowest BCUT2D eigenvalue weighted by Gasteiger charge is -2.09. The van der Waals surface area contributed by atoms with Crippen molar-refractivity contribution in [2.24, 2.45) is 0 Å². The summed E-state index contributed by atoms with van der Waals surface area (Å²) in [7, 11) is 0. The number of aromatic carboxylic acids is 1. The Bertz CT molecular complexity index is 666. The molecule has 2 aromatic rings. The maximum atomic E-state index is 11.0. The van der Waals surface area contributed by atoms with Gasteiger partial charge in [-0.2, -0.15) is 0 Å². The van der Waals surface area contributed by atoms with Crippen molar-refractivity contribution in [1.82, 2.24) is 9.55 Å². The van der Waals surface area contributed by atoms with Gasteiger partial charge in [-0.15, -0.1) is 0 Å². The van der Waals surface area contributed by atoms with Gasteiger partial charge in [-0.1, -0.05) is 15.9 Å². The van der Waals surface area contributed by atoms with E-state index in [2.05, 4.69) is 30.8 Å². The van der Waals surface area contributed by atoms with E-state index in [1.54, 1.807) is 12.1 Å². The third-order valence-electron chi connectivity index (χ3n) is 3.42. The topological polar surface area (TPSA) is 67.2 Å². The standard InChI is InChI=1S/C14H14BrN3O2/c15-10-4-9(14(19)20)5-11(6-10)16-7-12-8-17-13-2-1-3-18(12)13/h4-6,8,16H,1-3,7H2,(H,19,20). The molecule has 104 valence electrons. The van der Waals surface area contributed by atoms with Crippen LogP contribution in [-0.2, 0) is 19.5 Å². The molecule has 6 heteroatoms. The average molecular weight is 336 g/mol. The van der Waals surface area contributed by atoms with Crippen LogP contribution in [0.25, 0.3) is 0 Å². The molecule has 0 bridgehead atoms. The number of aromatic nitrogens is 2. The van der Waals surface area contributed by atoms with E-state index < -0.39 is 5.97 Å². The van der Waals surface area contributed by atoms with Crippen LogP contribution in [0.3, 0.4) is 0 Å². The Kier molecular flexibility index (Phi) is 3.48. The van der Waals surface area contributed by atoms with Gasteiger partial charge in [0, 0.05) is 23.1 Å². The predicted molar refractivity (Wildman–Crippen MR) is 79.0 cm³/mol. The van der Waals surface area contributed by atoms with Gasteiger partial charge in [0.2, 0.25) is 0 Å². The maximum Gasteiger partial charge on any atom is 0.335 e. The highest BCUT2D eigenvalue weighted by Gasteiger charge is 2.15. The van der Waals surface area contributed by atoms with Crippen LogP contribution in [0.2, 0.25) is 0 Å². The highest BCUT2D eigenvalue weighted by atomic mass is 79.9. The van der Waals surface area contributed by atoms with Crippen LogP contribution in [0.5, 0.6) is 0 Å². The molecule has 1 aliphatic rings. The second-order valence-electron chi connectivity index (χ2n) is 4.81. The Morgan fingerprint density at radius 1 is 1.45 bits per heavy atom. The van der Waals surface area contributed by atoms with Crippen LogP contribution in [0.1, 0.15) is 28.3 Å². The first kappa shape index (κ1) is 13.2. The number of hydrogen-bond donors (Lipinski definition) is 2. The number of anilines is 1. The second-order valence-corrected chi connectivity index (χ2v) is 5.72. The van der Waals surface area contributed by atoms with E-state index in [9.17, 15) is 4.79 Å². The monoisotopic (exact) mass is 335 g/mol. The van der Waals surface area contributed by atoms with E-state index in [-0.39, 0.29) is 5.56 Å². The Labute approximate surface area is 124 Å². The number of carboxylic acids is 1. The van der Waals surface area contributed by atoms with E-state index in [0.29, 0.717) is 6.54 Å². The summed E-state index contributed by atoms with van der Waals surface area (Å²) in [6.45, 7) is 1.66. The molecule has 1 aromatic carbocycles. The zero-order valence-electron chi connectivity index (χ0n) is 10.8. The number of carboxylic acid groups (broad SMARTS) is 1. The lowest BCUT2D eigenvalue weighted by atomic mass is 10.2. The molecule has 1 aliphatic heterocycles. The first-order valence-corrected chi connectivity index (χ1v) is 7.24. The van der Waals surface area contributed by atoms with Gasteiger partial charge in [-0.3, -0.25) is 0 Å². The molecule has 0 aliphatic carbocycles. The number of carbonyl (C=O) groups is 1. The second kappa shape index (κ2) is 5.28. The molecule has 0 radical (unpaired) electrons. The van der Waals surface area contributed by atoms with E-state index >= 15 is 0 Å². The van der Waals surface area contributed by atoms with Crippen molar-refractivity contribution in [3.8, 4) is 0 Å². The molecular formula is C14H14BrN3O2. The summed E-state index contributed by atoms with van der Waals surface area (Å²) in [4.78, 5) is 15.4. The number of rotatable bonds is 4. The molecule has 5 nitrogen and oxygen atoms in total. The van der Waals surface area contributed by atoms with Gasteiger partial charge in [-0.25, -0.2) is 9.78 Å². The van der Waals surface area contributed by atoms with Gasteiger partial charge in [-0.05, 0) is 24.6 Å². The number of halogens is 1. The van der Waals surface area contributed by atoms with Crippen molar-refractivity contribution in [3.63, 3.8) is 0 Å². The summed E-state index contributed by atoms with van der Waals surface area (Å²) in [5, 5.41) is 12.3. The lowest BCUT2D eigenvalue weighted by Crippen LogP contribution is -2.07. The molecule has 1 aromatic heterocycles. The Hall–Kier alpha value is -1.82. The number of benzene rings is 1.